The molecule has 1 heterocycles. The maximum Gasteiger partial charge on any atom is 0.191 e. The van der Waals surface area contributed by atoms with Crippen molar-refractivity contribution < 1.29 is 4.74 Å². The van der Waals surface area contributed by atoms with Crippen LogP contribution in [0.2, 0.25) is 0 Å². The number of halogens is 1. The summed E-state index contributed by atoms with van der Waals surface area (Å²) < 4.78 is 6.12. The Morgan fingerprint density at radius 2 is 1.92 bits per heavy atom. The lowest BCUT2D eigenvalue weighted by Crippen LogP contribution is -2.42. The Hall–Kier alpha value is -0.820. The number of hydrogen-bond acceptors (Lipinski definition) is 2. The van der Waals surface area contributed by atoms with Gasteiger partial charge in [-0.3, -0.25) is 4.99 Å². The molecule has 2 aliphatic rings. The van der Waals surface area contributed by atoms with Gasteiger partial charge in [-0.2, -0.15) is 0 Å². The van der Waals surface area contributed by atoms with E-state index in [4.69, 9.17) is 9.73 Å². The fourth-order valence-electron chi connectivity index (χ4n) is 3.27. The molecule has 3 rings (SSSR count). The number of guanidine groups is 1. The summed E-state index contributed by atoms with van der Waals surface area (Å²) >= 11 is 0. The Kier molecular flexibility index (Phi) is 8.49. The van der Waals surface area contributed by atoms with E-state index in [1.165, 1.54) is 30.4 Å². The van der Waals surface area contributed by atoms with Crippen LogP contribution in [0.25, 0.3) is 0 Å². The van der Waals surface area contributed by atoms with Gasteiger partial charge in [0.2, 0.25) is 0 Å². The van der Waals surface area contributed by atoms with Crippen LogP contribution in [-0.2, 0) is 4.74 Å². The van der Waals surface area contributed by atoms with Crippen LogP contribution in [-0.4, -0.2) is 32.2 Å². The molecule has 5 heteroatoms. The number of hydrogen-bond donors (Lipinski definition) is 2. The van der Waals surface area contributed by atoms with Crippen LogP contribution in [0.3, 0.4) is 0 Å². The first kappa shape index (κ1) is 20.5. The van der Waals surface area contributed by atoms with Crippen LogP contribution in [0.1, 0.15) is 49.8 Å². The molecule has 25 heavy (non-hydrogen) atoms. The predicted octanol–water partition coefficient (Wildman–Crippen LogP) is 4.05. The van der Waals surface area contributed by atoms with E-state index in [-0.39, 0.29) is 30.1 Å². The third kappa shape index (κ3) is 6.44. The molecule has 2 unspecified atom stereocenters. The van der Waals surface area contributed by atoms with E-state index in [9.17, 15) is 0 Å². The van der Waals surface area contributed by atoms with E-state index in [1.807, 2.05) is 0 Å². The molecule has 1 aliphatic carbocycles. The standard InChI is InChI=1S/C20H31N3O.HI/c1-3-21-20(22-13-16-8-9-16)23-14-18-5-4-12-24-19(18)17-10-6-15(2)7-11-17;/h6-7,10-11,16,18-19H,3-5,8-9,12-14H2,1-2H3,(H2,21,22,23);1H. The molecule has 1 aliphatic heterocycles. The van der Waals surface area contributed by atoms with Crippen molar-refractivity contribution >= 4 is 29.9 Å². The van der Waals surface area contributed by atoms with Gasteiger partial charge in [-0.15, -0.1) is 24.0 Å². The average Bonchev–Trinajstić information content (AvgIpc) is 3.43. The molecule has 140 valence electrons. The molecule has 2 fully saturated rings. The molecular weight excluding hydrogens is 425 g/mol. The van der Waals surface area contributed by atoms with Crippen molar-refractivity contribution in [2.75, 3.05) is 26.2 Å². The van der Waals surface area contributed by atoms with Crippen LogP contribution in [0, 0.1) is 18.8 Å². The molecule has 0 radical (unpaired) electrons. The molecule has 0 aromatic heterocycles. The Labute approximate surface area is 169 Å². The third-order valence-electron chi connectivity index (χ3n) is 4.93. The SMILES string of the molecule is CCNC(=NCC1CC1)NCC1CCCOC1c1ccc(C)cc1.I. The van der Waals surface area contributed by atoms with Gasteiger partial charge in [-0.25, -0.2) is 0 Å². The van der Waals surface area contributed by atoms with Gasteiger partial charge >= 0.3 is 0 Å². The molecule has 1 aromatic carbocycles. The van der Waals surface area contributed by atoms with Crippen molar-refractivity contribution in [1.29, 1.82) is 0 Å². The minimum Gasteiger partial charge on any atom is -0.373 e. The first-order valence-electron chi connectivity index (χ1n) is 9.46. The van der Waals surface area contributed by atoms with Gasteiger partial charge in [-0.05, 0) is 51.0 Å². The lowest BCUT2D eigenvalue weighted by Gasteiger charge is -2.32. The summed E-state index contributed by atoms with van der Waals surface area (Å²) in [6, 6.07) is 8.79. The predicted molar refractivity (Wildman–Crippen MR) is 115 cm³/mol. The van der Waals surface area contributed by atoms with Crippen molar-refractivity contribution in [3.05, 3.63) is 35.4 Å². The van der Waals surface area contributed by atoms with E-state index in [2.05, 4.69) is 48.7 Å². The molecule has 1 saturated carbocycles. The summed E-state index contributed by atoms with van der Waals surface area (Å²) in [5, 5.41) is 6.91. The van der Waals surface area contributed by atoms with Gasteiger partial charge in [0.1, 0.15) is 0 Å². The van der Waals surface area contributed by atoms with Crippen molar-refractivity contribution in [2.45, 2.75) is 45.6 Å². The number of aryl methyl sites for hydroxylation is 1. The van der Waals surface area contributed by atoms with E-state index in [1.54, 1.807) is 0 Å². The smallest absolute Gasteiger partial charge is 0.191 e. The molecule has 0 bridgehead atoms. The number of aliphatic imine (C=N–C) groups is 1. The van der Waals surface area contributed by atoms with Gasteiger partial charge in [0.15, 0.2) is 5.96 Å². The summed E-state index contributed by atoms with van der Waals surface area (Å²) in [6.07, 6.45) is 5.22. The maximum absolute atomic E-state index is 6.12. The Bertz CT molecular complexity index is 542. The fourth-order valence-corrected chi connectivity index (χ4v) is 3.27. The molecular formula is C20H32IN3O. The topological polar surface area (TPSA) is 45.7 Å². The highest BCUT2D eigenvalue weighted by molar-refractivity contribution is 14.0. The van der Waals surface area contributed by atoms with E-state index < -0.39 is 0 Å². The fraction of sp³-hybridized carbons (Fsp3) is 0.650. The van der Waals surface area contributed by atoms with Crippen molar-refractivity contribution in [1.82, 2.24) is 10.6 Å². The number of nitrogens with zero attached hydrogens (tertiary/aromatic N) is 1. The molecule has 0 amide bonds. The first-order chi connectivity index (χ1) is 11.8. The second-order valence-corrected chi connectivity index (χ2v) is 7.15. The number of benzene rings is 1. The summed E-state index contributed by atoms with van der Waals surface area (Å²) in [6.45, 7) is 7.88. The van der Waals surface area contributed by atoms with Gasteiger partial charge in [0, 0.05) is 32.2 Å². The van der Waals surface area contributed by atoms with Crippen LogP contribution in [0.15, 0.2) is 29.3 Å². The van der Waals surface area contributed by atoms with Crippen LogP contribution in [0.4, 0.5) is 0 Å². The zero-order chi connectivity index (χ0) is 16.8. The number of rotatable bonds is 6. The molecule has 1 aromatic rings. The maximum atomic E-state index is 6.12. The number of nitrogens with one attached hydrogen (secondary N) is 2. The molecule has 2 N–H and O–H groups in total. The summed E-state index contributed by atoms with van der Waals surface area (Å²) in [5.74, 6) is 2.27. The second kappa shape index (κ2) is 10.4. The molecule has 4 nitrogen and oxygen atoms in total. The van der Waals surface area contributed by atoms with Gasteiger partial charge in [-0.1, -0.05) is 29.8 Å². The van der Waals surface area contributed by atoms with Crippen molar-refractivity contribution in [3.63, 3.8) is 0 Å². The average molecular weight is 457 g/mol. The highest BCUT2D eigenvalue weighted by Gasteiger charge is 2.27. The van der Waals surface area contributed by atoms with Crippen LogP contribution < -0.4 is 10.6 Å². The Balaban J connectivity index is 0.00000225. The highest BCUT2D eigenvalue weighted by atomic mass is 127. The van der Waals surface area contributed by atoms with Gasteiger partial charge in [0.05, 0.1) is 6.10 Å². The van der Waals surface area contributed by atoms with Crippen molar-refractivity contribution in [2.24, 2.45) is 16.8 Å². The normalized spacial score (nSPS) is 23.7. The Morgan fingerprint density at radius 1 is 1.16 bits per heavy atom. The van der Waals surface area contributed by atoms with E-state index >= 15 is 0 Å². The second-order valence-electron chi connectivity index (χ2n) is 7.15. The molecule has 0 spiro atoms. The van der Waals surface area contributed by atoms with Crippen molar-refractivity contribution in [3.8, 4) is 0 Å². The zero-order valence-electron chi connectivity index (χ0n) is 15.5. The lowest BCUT2D eigenvalue weighted by molar-refractivity contribution is -0.0265. The minimum absolute atomic E-state index is 0. The highest BCUT2D eigenvalue weighted by Crippen LogP contribution is 2.33. The first-order valence-corrected chi connectivity index (χ1v) is 9.46. The van der Waals surface area contributed by atoms with E-state index in [0.717, 1.165) is 44.5 Å². The minimum atomic E-state index is 0. The zero-order valence-corrected chi connectivity index (χ0v) is 17.8. The summed E-state index contributed by atoms with van der Waals surface area (Å²) in [5.41, 5.74) is 2.60. The van der Waals surface area contributed by atoms with Gasteiger partial charge in [0.25, 0.3) is 0 Å². The third-order valence-corrected chi connectivity index (χ3v) is 4.93. The van der Waals surface area contributed by atoms with Gasteiger partial charge < -0.3 is 15.4 Å². The van der Waals surface area contributed by atoms with E-state index in [0.29, 0.717) is 5.92 Å². The largest absolute Gasteiger partial charge is 0.373 e. The molecule has 1 saturated heterocycles. The Morgan fingerprint density at radius 3 is 2.60 bits per heavy atom. The lowest BCUT2D eigenvalue weighted by atomic mass is 9.89. The van der Waals surface area contributed by atoms with Crippen LogP contribution in [0.5, 0.6) is 0 Å². The monoisotopic (exact) mass is 457 g/mol. The summed E-state index contributed by atoms with van der Waals surface area (Å²) in [4.78, 5) is 4.72. The number of ether oxygens (including phenoxy) is 1. The molecule has 2 atom stereocenters. The van der Waals surface area contributed by atoms with Crippen LogP contribution >= 0.6 is 24.0 Å². The quantitative estimate of drug-likeness (QED) is 0.385. The summed E-state index contributed by atoms with van der Waals surface area (Å²) in [7, 11) is 0.